The Kier molecular flexibility index (Phi) is 5.13. The minimum Gasteiger partial charge on any atom is -0.0579 e. The number of fused-ring (bicyclic) bond motifs is 2. The van der Waals surface area contributed by atoms with Crippen LogP contribution in [0.3, 0.4) is 0 Å². The Morgan fingerprint density at radius 1 is 0.412 bits per heavy atom. The summed E-state index contributed by atoms with van der Waals surface area (Å²) in [4.78, 5) is 0. The largest absolute Gasteiger partial charge is 0.0579 e. The third-order valence-corrected chi connectivity index (χ3v) is 11.8. The molecule has 0 fully saturated rings. The maximum Gasteiger partial charge on any atom is 0.0213 e. The molecule has 2 aliphatic rings. The topological polar surface area (TPSA) is 0 Å². The molecule has 0 aromatic heterocycles. The first-order valence-electron chi connectivity index (χ1n) is 13.2. The molecule has 1 unspecified atom stereocenters. The van der Waals surface area contributed by atoms with E-state index in [0.717, 1.165) is 0 Å². The summed E-state index contributed by atoms with van der Waals surface area (Å²) in [5.74, 6) is 0. The van der Waals surface area contributed by atoms with E-state index >= 15 is 0 Å². The first-order valence-corrected chi connectivity index (χ1v) is 13.2. The average molecular weight is 457 g/mol. The lowest BCUT2D eigenvalue weighted by atomic mass is 9.52. The summed E-state index contributed by atoms with van der Waals surface area (Å²) >= 11 is 0. The summed E-state index contributed by atoms with van der Waals surface area (Å²) in [5, 5.41) is 0. The predicted molar refractivity (Wildman–Crippen MR) is 151 cm³/mol. The van der Waals surface area contributed by atoms with Crippen LogP contribution in [0, 0.1) is 60.8 Å². The number of rotatable bonds is 1. The molecule has 2 aromatic carbocycles. The number of allylic oxidation sites excluding steroid dienone is 2. The van der Waals surface area contributed by atoms with Gasteiger partial charge in [0.15, 0.2) is 0 Å². The van der Waals surface area contributed by atoms with Gasteiger partial charge < -0.3 is 0 Å². The maximum absolute atomic E-state index is 2.60. The number of hydrogen-bond donors (Lipinski definition) is 0. The zero-order valence-electron chi connectivity index (χ0n) is 25.0. The van der Waals surface area contributed by atoms with E-state index < -0.39 is 0 Å². The van der Waals surface area contributed by atoms with E-state index in [-0.39, 0.29) is 21.7 Å². The highest BCUT2D eigenvalue weighted by Gasteiger charge is 2.65. The smallest absolute Gasteiger partial charge is 0.0213 e. The lowest BCUT2D eigenvalue weighted by Gasteiger charge is -2.51. The van der Waals surface area contributed by atoms with Crippen molar-refractivity contribution in [1.29, 1.82) is 0 Å². The molecular weight excluding hydrogens is 408 g/mol. The summed E-state index contributed by atoms with van der Waals surface area (Å²) in [7, 11) is 0. The number of hydrogen-bond acceptors (Lipinski definition) is 0. The van der Waals surface area contributed by atoms with Gasteiger partial charge in [0.25, 0.3) is 0 Å². The average Bonchev–Trinajstić information content (AvgIpc) is 3.02. The second-order valence-corrected chi connectivity index (χ2v) is 13.5. The van der Waals surface area contributed by atoms with Crippen LogP contribution in [-0.4, -0.2) is 0 Å². The second-order valence-electron chi connectivity index (χ2n) is 13.5. The molecule has 4 rings (SSSR count). The van der Waals surface area contributed by atoms with E-state index in [1.54, 1.807) is 22.3 Å². The summed E-state index contributed by atoms with van der Waals surface area (Å²) in [6.45, 7) is 38.9. The van der Waals surface area contributed by atoms with Gasteiger partial charge in [-0.3, -0.25) is 0 Å². The van der Waals surface area contributed by atoms with Crippen LogP contribution in [0.25, 0.3) is 5.57 Å². The molecule has 0 bridgehead atoms. The van der Waals surface area contributed by atoms with E-state index in [4.69, 9.17) is 0 Å². The van der Waals surface area contributed by atoms with Crippen LogP contribution in [0.15, 0.2) is 5.57 Å². The molecule has 1 atom stereocenters. The summed E-state index contributed by atoms with van der Waals surface area (Å²) in [6, 6.07) is 0. The number of benzene rings is 2. The van der Waals surface area contributed by atoms with Crippen molar-refractivity contribution in [2.45, 2.75) is 127 Å². The first kappa shape index (κ1) is 25.3. The van der Waals surface area contributed by atoms with Gasteiger partial charge in [0.05, 0.1) is 0 Å². The normalized spacial score (nSPS) is 24.0. The zero-order valence-corrected chi connectivity index (χ0v) is 25.0. The molecule has 184 valence electrons. The van der Waals surface area contributed by atoms with Crippen molar-refractivity contribution >= 4 is 5.57 Å². The fourth-order valence-corrected chi connectivity index (χ4v) is 8.69. The van der Waals surface area contributed by atoms with Gasteiger partial charge in [0, 0.05) is 10.8 Å². The molecule has 0 heteroatoms. The van der Waals surface area contributed by atoms with Crippen LogP contribution in [-0.2, 0) is 16.2 Å². The SMILES string of the molecule is CC1=C(C2(C)c3c(C)c(C)c(C)c(C)c3C(C)(C)C2(C)C)C(C)(C)c2c(C)c(C)c(C)c(C)c21. The molecule has 0 radical (unpaired) electrons. The van der Waals surface area contributed by atoms with Crippen LogP contribution in [0.5, 0.6) is 0 Å². The molecule has 2 aromatic rings. The summed E-state index contributed by atoms with van der Waals surface area (Å²) in [6.07, 6.45) is 0. The van der Waals surface area contributed by atoms with E-state index in [1.807, 2.05) is 0 Å². The van der Waals surface area contributed by atoms with Gasteiger partial charge in [-0.25, -0.2) is 0 Å². The van der Waals surface area contributed by atoms with Crippen molar-refractivity contribution in [3.8, 4) is 0 Å². The van der Waals surface area contributed by atoms with Crippen molar-refractivity contribution < 1.29 is 0 Å². The highest BCUT2D eigenvalue weighted by molar-refractivity contribution is 5.86. The molecule has 0 saturated heterocycles. The van der Waals surface area contributed by atoms with Gasteiger partial charge in [-0.05, 0) is 151 Å². The Morgan fingerprint density at radius 3 is 1.26 bits per heavy atom. The van der Waals surface area contributed by atoms with E-state index in [1.165, 1.54) is 55.6 Å². The fourth-order valence-electron chi connectivity index (χ4n) is 8.69. The second kappa shape index (κ2) is 6.89. The molecule has 2 aliphatic carbocycles. The Hall–Kier alpha value is -1.82. The van der Waals surface area contributed by atoms with Gasteiger partial charge in [-0.1, -0.05) is 48.5 Å². The van der Waals surface area contributed by atoms with Crippen molar-refractivity contribution in [2.24, 2.45) is 5.41 Å². The molecule has 0 amide bonds. The van der Waals surface area contributed by atoms with Crippen LogP contribution >= 0.6 is 0 Å². The van der Waals surface area contributed by atoms with Crippen LogP contribution in [0.2, 0.25) is 0 Å². The van der Waals surface area contributed by atoms with Gasteiger partial charge >= 0.3 is 0 Å². The lowest BCUT2D eigenvalue weighted by molar-refractivity contribution is 0.127. The minimum absolute atomic E-state index is 0.0183. The summed E-state index contributed by atoms with van der Waals surface area (Å²) < 4.78 is 0. The van der Waals surface area contributed by atoms with Crippen LogP contribution in [0.4, 0.5) is 0 Å². The van der Waals surface area contributed by atoms with Gasteiger partial charge in [0.2, 0.25) is 0 Å². The standard InChI is InChI=1S/C34H48/c1-17-18(2)22(6)27-26(21(17)5)25(9)30(31(27,10)11)34(16)29-24(8)20(4)19(3)23(7)28(29)32(12,13)33(34,14)15/h1-16H3. The van der Waals surface area contributed by atoms with E-state index in [2.05, 4.69) is 111 Å². The van der Waals surface area contributed by atoms with Crippen LogP contribution in [0.1, 0.15) is 122 Å². The van der Waals surface area contributed by atoms with Gasteiger partial charge in [-0.15, -0.1) is 0 Å². The van der Waals surface area contributed by atoms with Gasteiger partial charge in [0.1, 0.15) is 0 Å². The quantitative estimate of drug-likeness (QED) is 0.401. The predicted octanol–water partition coefficient (Wildman–Crippen LogP) is 9.49. The molecule has 0 N–H and O–H groups in total. The zero-order chi connectivity index (χ0) is 26.1. The monoisotopic (exact) mass is 456 g/mol. The minimum atomic E-state index is -0.0631. The molecule has 34 heavy (non-hydrogen) atoms. The Labute approximate surface area is 210 Å². The first-order chi connectivity index (χ1) is 15.3. The lowest BCUT2D eigenvalue weighted by Crippen LogP contribution is -2.48. The van der Waals surface area contributed by atoms with Gasteiger partial charge in [-0.2, -0.15) is 0 Å². The maximum atomic E-state index is 2.60. The van der Waals surface area contributed by atoms with Crippen LogP contribution < -0.4 is 0 Å². The third kappa shape index (κ3) is 2.46. The van der Waals surface area contributed by atoms with Crippen molar-refractivity contribution in [1.82, 2.24) is 0 Å². The molecule has 0 aliphatic heterocycles. The Bertz CT molecular complexity index is 1300. The fraction of sp³-hybridized carbons (Fsp3) is 0.588. The summed E-state index contributed by atoms with van der Waals surface area (Å²) in [5.41, 5.74) is 21.4. The van der Waals surface area contributed by atoms with Crippen molar-refractivity contribution in [3.63, 3.8) is 0 Å². The van der Waals surface area contributed by atoms with E-state index in [0.29, 0.717) is 0 Å². The third-order valence-electron chi connectivity index (χ3n) is 11.8. The highest BCUT2D eigenvalue weighted by Crippen LogP contribution is 2.70. The highest BCUT2D eigenvalue weighted by atomic mass is 14.7. The Morgan fingerprint density at radius 2 is 0.794 bits per heavy atom. The molecular formula is C34H48. The molecule has 0 spiro atoms. The van der Waals surface area contributed by atoms with Crippen molar-refractivity contribution in [2.75, 3.05) is 0 Å². The molecule has 0 heterocycles. The molecule has 0 saturated carbocycles. The Balaban J connectivity index is 2.24. The van der Waals surface area contributed by atoms with Crippen molar-refractivity contribution in [3.05, 3.63) is 72.3 Å². The molecule has 0 nitrogen and oxygen atoms in total. The van der Waals surface area contributed by atoms with E-state index in [9.17, 15) is 0 Å².